The molecule has 5 rings (SSSR count). The Kier molecular flexibility index (Phi) is 5.52. The molecule has 32 heavy (non-hydrogen) atoms. The minimum atomic E-state index is -0.593. The Hall–Kier alpha value is -3.04. The summed E-state index contributed by atoms with van der Waals surface area (Å²) in [5.74, 6) is 0.0211. The van der Waals surface area contributed by atoms with Crippen molar-refractivity contribution >= 4 is 35.1 Å². The van der Waals surface area contributed by atoms with Crippen molar-refractivity contribution in [3.63, 3.8) is 0 Å². The van der Waals surface area contributed by atoms with Crippen LogP contribution in [-0.4, -0.2) is 69.9 Å². The van der Waals surface area contributed by atoms with Crippen molar-refractivity contribution in [1.29, 1.82) is 0 Å². The molecule has 0 saturated carbocycles. The number of aromatic nitrogens is 2. The number of amides is 3. The summed E-state index contributed by atoms with van der Waals surface area (Å²) in [6.07, 6.45) is 0.626. The predicted molar refractivity (Wildman–Crippen MR) is 117 cm³/mol. The van der Waals surface area contributed by atoms with Gasteiger partial charge in [0.15, 0.2) is 11.0 Å². The molecule has 166 valence electrons. The third-order valence-corrected chi connectivity index (χ3v) is 6.59. The molecule has 4 heterocycles. The van der Waals surface area contributed by atoms with E-state index >= 15 is 0 Å². The normalized spacial score (nSPS) is 21.7. The Morgan fingerprint density at radius 2 is 1.84 bits per heavy atom. The topological polar surface area (TPSA) is 98.7 Å². The second kappa shape index (κ2) is 8.48. The van der Waals surface area contributed by atoms with Gasteiger partial charge in [0.05, 0.1) is 0 Å². The third kappa shape index (κ3) is 3.93. The maximum atomic E-state index is 13.0. The van der Waals surface area contributed by atoms with Crippen LogP contribution < -0.4 is 10.2 Å². The number of benzene rings is 1. The van der Waals surface area contributed by atoms with Crippen LogP contribution in [0.1, 0.15) is 34.3 Å². The van der Waals surface area contributed by atoms with Crippen molar-refractivity contribution in [3.8, 4) is 0 Å². The minimum absolute atomic E-state index is 0.137. The highest BCUT2D eigenvalue weighted by Crippen LogP contribution is 2.30. The number of nitrogens with zero attached hydrogens (tertiary/aromatic N) is 5. The zero-order valence-corrected chi connectivity index (χ0v) is 18.2. The Labute approximate surface area is 190 Å². The lowest BCUT2D eigenvalue weighted by atomic mass is 10.0. The molecule has 1 atom stereocenters. The van der Waals surface area contributed by atoms with E-state index in [0.717, 1.165) is 49.7 Å². The maximum Gasteiger partial charge on any atom is 0.255 e. The number of carbonyl (C=O) groups excluding carboxylic acids is 3. The Morgan fingerprint density at radius 3 is 2.56 bits per heavy atom. The summed E-state index contributed by atoms with van der Waals surface area (Å²) >= 11 is 5.83. The Morgan fingerprint density at radius 1 is 1.03 bits per heavy atom. The summed E-state index contributed by atoms with van der Waals surface area (Å²) in [6, 6.07) is 8.81. The summed E-state index contributed by atoms with van der Waals surface area (Å²) in [7, 11) is 0. The second-order valence-corrected chi connectivity index (χ2v) is 8.71. The van der Waals surface area contributed by atoms with Crippen molar-refractivity contribution in [2.24, 2.45) is 0 Å². The standard InChI is InChI=1S/C22H23ClN6O3/c23-18-5-6-19(26-25-18)28-10-8-27(9-11-28)12-14-2-1-3-15-16(14)13-29(22(15)32)17-4-7-20(30)24-21(17)31/h1-3,5-6,17H,4,7-13H2,(H,24,30,31). The summed E-state index contributed by atoms with van der Waals surface area (Å²) < 4.78 is 0. The van der Waals surface area contributed by atoms with Crippen LogP contribution in [0.3, 0.4) is 0 Å². The third-order valence-electron chi connectivity index (χ3n) is 6.39. The molecule has 9 nitrogen and oxygen atoms in total. The van der Waals surface area contributed by atoms with Gasteiger partial charge in [-0.15, -0.1) is 10.2 Å². The lowest BCUT2D eigenvalue weighted by Gasteiger charge is -2.35. The van der Waals surface area contributed by atoms with Gasteiger partial charge in [-0.1, -0.05) is 23.7 Å². The minimum Gasteiger partial charge on any atom is -0.353 e. The second-order valence-electron chi connectivity index (χ2n) is 8.32. The molecular formula is C22H23ClN6O3. The van der Waals surface area contributed by atoms with Crippen molar-refractivity contribution in [1.82, 2.24) is 25.3 Å². The van der Waals surface area contributed by atoms with E-state index in [1.807, 2.05) is 18.2 Å². The number of anilines is 1. The van der Waals surface area contributed by atoms with Crippen LogP contribution in [0.25, 0.3) is 0 Å². The SMILES string of the molecule is O=C1CCC(N2Cc3c(CN4CCN(c5ccc(Cl)nn5)CC4)cccc3C2=O)C(=O)N1. The van der Waals surface area contributed by atoms with E-state index in [4.69, 9.17) is 11.6 Å². The van der Waals surface area contributed by atoms with Gasteiger partial charge in [-0.05, 0) is 35.7 Å². The summed E-state index contributed by atoms with van der Waals surface area (Å²) in [5, 5.41) is 10.8. The van der Waals surface area contributed by atoms with Crippen molar-refractivity contribution < 1.29 is 14.4 Å². The first kappa shape index (κ1) is 20.8. The fourth-order valence-electron chi connectivity index (χ4n) is 4.65. The molecule has 1 aromatic heterocycles. The van der Waals surface area contributed by atoms with Crippen molar-refractivity contribution in [3.05, 3.63) is 52.2 Å². The van der Waals surface area contributed by atoms with Crippen LogP contribution in [0, 0.1) is 0 Å². The lowest BCUT2D eigenvalue weighted by molar-refractivity contribution is -0.136. The van der Waals surface area contributed by atoms with E-state index in [1.165, 1.54) is 0 Å². The first-order valence-corrected chi connectivity index (χ1v) is 11.1. The van der Waals surface area contributed by atoms with Crippen LogP contribution in [0.5, 0.6) is 0 Å². The molecule has 1 aromatic carbocycles. The highest BCUT2D eigenvalue weighted by Gasteiger charge is 2.39. The zero-order valence-electron chi connectivity index (χ0n) is 17.5. The molecule has 2 aromatic rings. The number of imide groups is 1. The van der Waals surface area contributed by atoms with Crippen molar-refractivity contribution in [2.75, 3.05) is 31.1 Å². The van der Waals surface area contributed by atoms with Gasteiger partial charge in [0.2, 0.25) is 11.8 Å². The van der Waals surface area contributed by atoms with Gasteiger partial charge < -0.3 is 9.80 Å². The molecule has 1 N–H and O–H groups in total. The predicted octanol–water partition coefficient (Wildman–Crippen LogP) is 1.21. The molecule has 3 amide bonds. The van der Waals surface area contributed by atoms with E-state index in [-0.39, 0.29) is 24.1 Å². The van der Waals surface area contributed by atoms with E-state index in [2.05, 4.69) is 31.4 Å². The highest BCUT2D eigenvalue weighted by molar-refractivity contribution is 6.29. The number of fused-ring (bicyclic) bond motifs is 1. The average molecular weight is 455 g/mol. The van der Waals surface area contributed by atoms with Crippen LogP contribution in [0.15, 0.2) is 30.3 Å². The summed E-state index contributed by atoms with van der Waals surface area (Å²) in [5.41, 5.74) is 2.74. The number of rotatable bonds is 4. The molecule has 2 saturated heterocycles. The average Bonchev–Trinajstić information content (AvgIpc) is 3.12. The Balaban J connectivity index is 1.26. The molecule has 0 radical (unpaired) electrons. The number of piperazine rings is 1. The van der Waals surface area contributed by atoms with Gasteiger partial charge in [-0.2, -0.15) is 0 Å². The van der Waals surface area contributed by atoms with E-state index in [9.17, 15) is 14.4 Å². The number of carbonyl (C=O) groups is 3. The van der Waals surface area contributed by atoms with Crippen LogP contribution in [0.2, 0.25) is 5.15 Å². The van der Waals surface area contributed by atoms with E-state index < -0.39 is 6.04 Å². The van der Waals surface area contributed by atoms with E-state index in [0.29, 0.717) is 23.7 Å². The molecule has 0 spiro atoms. The number of hydrogen-bond donors (Lipinski definition) is 1. The summed E-state index contributed by atoms with van der Waals surface area (Å²) in [4.78, 5) is 42.9. The van der Waals surface area contributed by atoms with Gasteiger partial charge in [0, 0.05) is 51.3 Å². The fraction of sp³-hybridized carbons (Fsp3) is 0.409. The fourth-order valence-corrected chi connectivity index (χ4v) is 4.75. The monoisotopic (exact) mass is 454 g/mol. The zero-order chi connectivity index (χ0) is 22.2. The quantitative estimate of drug-likeness (QED) is 0.693. The van der Waals surface area contributed by atoms with Gasteiger partial charge in [-0.25, -0.2) is 0 Å². The van der Waals surface area contributed by atoms with Gasteiger partial charge >= 0.3 is 0 Å². The first-order valence-electron chi connectivity index (χ1n) is 10.7. The van der Waals surface area contributed by atoms with Crippen molar-refractivity contribution in [2.45, 2.75) is 32.0 Å². The molecule has 10 heteroatoms. The number of hydrogen-bond acceptors (Lipinski definition) is 7. The molecule has 0 bridgehead atoms. The van der Waals surface area contributed by atoms with Crippen LogP contribution in [-0.2, 0) is 22.7 Å². The lowest BCUT2D eigenvalue weighted by Crippen LogP contribution is -2.52. The summed E-state index contributed by atoms with van der Waals surface area (Å²) in [6.45, 7) is 4.51. The van der Waals surface area contributed by atoms with E-state index in [1.54, 1.807) is 11.0 Å². The van der Waals surface area contributed by atoms with Crippen LogP contribution in [0.4, 0.5) is 5.82 Å². The molecule has 0 aliphatic carbocycles. The number of halogens is 1. The molecule has 3 aliphatic heterocycles. The van der Waals surface area contributed by atoms with Crippen LogP contribution >= 0.6 is 11.6 Å². The van der Waals surface area contributed by atoms with Gasteiger partial charge in [0.25, 0.3) is 5.91 Å². The molecular weight excluding hydrogens is 432 g/mol. The molecule has 3 aliphatic rings. The largest absolute Gasteiger partial charge is 0.353 e. The smallest absolute Gasteiger partial charge is 0.255 e. The number of piperidine rings is 1. The molecule has 2 fully saturated rings. The van der Waals surface area contributed by atoms with Gasteiger partial charge in [-0.3, -0.25) is 24.6 Å². The number of nitrogens with one attached hydrogen (secondary N) is 1. The first-order chi connectivity index (χ1) is 15.5. The Bertz CT molecular complexity index is 1070. The highest BCUT2D eigenvalue weighted by atomic mass is 35.5. The molecule has 1 unspecified atom stereocenters. The van der Waals surface area contributed by atoms with Gasteiger partial charge in [0.1, 0.15) is 6.04 Å². The maximum absolute atomic E-state index is 13.0.